The lowest BCUT2D eigenvalue weighted by atomic mass is 10.2. The number of hydrogen-bond acceptors (Lipinski definition) is 5. The van der Waals surface area contributed by atoms with Gasteiger partial charge in [0.15, 0.2) is 0 Å². The molecule has 1 rings (SSSR count). The molecule has 0 unspecified atom stereocenters. The van der Waals surface area contributed by atoms with Gasteiger partial charge in [0.1, 0.15) is 11.4 Å². The first-order chi connectivity index (χ1) is 7.90. The molecule has 0 aliphatic carbocycles. The maximum atomic E-state index is 11.4. The number of aromatic nitrogens is 1. The number of aliphatic imine (C=N–C) groups is 1. The van der Waals surface area contributed by atoms with E-state index >= 15 is 0 Å². The van der Waals surface area contributed by atoms with E-state index in [2.05, 4.69) is 15.3 Å². The zero-order chi connectivity index (χ0) is 12.9. The zero-order valence-electron chi connectivity index (χ0n) is 9.85. The third kappa shape index (κ3) is 4.90. The van der Waals surface area contributed by atoms with Gasteiger partial charge in [0, 0.05) is 12.3 Å². The highest BCUT2D eigenvalue weighted by Gasteiger charge is 2.16. The molecule has 1 aromatic rings. The van der Waals surface area contributed by atoms with Gasteiger partial charge in [-0.05, 0) is 26.8 Å². The van der Waals surface area contributed by atoms with Gasteiger partial charge in [-0.1, -0.05) is 0 Å². The van der Waals surface area contributed by atoms with E-state index in [9.17, 15) is 9.59 Å². The molecule has 0 radical (unpaired) electrons. The Labute approximate surface area is 98.7 Å². The predicted octanol–water partition coefficient (Wildman–Crippen LogP) is 2.40. The SMILES string of the molecule is CC(C)(C)OC(=O)Nc1cc(N=C=O)ccn1. The fraction of sp³-hybridized carbons (Fsp3) is 0.364. The van der Waals surface area contributed by atoms with Crippen molar-refractivity contribution in [1.82, 2.24) is 4.98 Å². The largest absolute Gasteiger partial charge is 0.444 e. The minimum Gasteiger partial charge on any atom is -0.444 e. The summed E-state index contributed by atoms with van der Waals surface area (Å²) in [7, 11) is 0. The van der Waals surface area contributed by atoms with Gasteiger partial charge in [-0.3, -0.25) is 5.32 Å². The molecule has 6 nitrogen and oxygen atoms in total. The molecule has 90 valence electrons. The van der Waals surface area contributed by atoms with Gasteiger partial charge >= 0.3 is 6.09 Å². The number of anilines is 1. The zero-order valence-corrected chi connectivity index (χ0v) is 9.85. The third-order valence-electron chi connectivity index (χ3n) is 1.55. The van der Waals surface area contributed by atoms with E-state index in [-0.39, 0.29) is 5.82 Å². The minimum atomic E-state index is -0.614. The number of nitrogens with one attached hydrogen (secondary N) is 1. The summed E-state index contributed by atoms with van der Waals surface area (Å²) in [6.07, 6.45) is 2.21. The maximum absolute atomic E-state index is 11.4. The molecule has 0 aliphatic rings. The van der Waals surface area contributed by atoms with Crippen molar-refractivity contribution in [2.75, 3.05) is 5.32 Å². The molecule has 6 heteroatoms. The lowest BCUT2D eigenvalue weighted by molar-refractivity contribution is 0.0635. The van der Waals surface area contributed by atoms with Crippen molar-refractivity contribution >= 4 is 23.7 Å². The predicted molar refractivity (Wildman–Crippen MR) is 61.9 cm³/mol. The van der Waals surface area contributed by atoms with E-state index in [1.165, 1.54) is 24.4 Å². The maximum Gasteiger partial charge on any atom is 0.413 e. The van der Waals surface area contributed by atoms with Crippen LogP contribution < -0.4 is 5.32 Å². The van der Waals surface area contributed by atoms with Crippen LogP contribution in [0.3, 0.4) is 0 Å². The third-order valence-corrected chi connectivity index (χ3v) is 1.55. The molecule has 0 atom stereocenters. The minimum absolute atomic E-state index is 0.260. The second-order valence-corrected chi connectivity index (χ2v) is 4.23. The summed E-state index contributed by atoms with van der Waals surface area (Å²) in [5.74, 6) is 0.260. The number of carbonyl (C=O) groups excluding carboxylic acids is 2. The standard InChI is InChI=1S/C11H13N3O3/c1-11(2,3)17-10(16)14-9-6-8(13-7-15)4-5-12-9/h4-6H,1-3H3,(H,12,14,16). The van der Waals surface area contributed by atoms with Crippen LogP contribution in [0.5, 0.6) is 0 Å². The van der Waals surface area contributed by atoms with Gasteiger partial charge in [-0.15, -0.1) is 0 Å². The molecular weight excluding hydrogens is 222 g/mol. The first kappa shape index (κ1) is 12.9. The normalized spacial score (nSPS) is 10.3. The Kier molecular flexibility index (Phi) is 3.96. The molecule has 1 N–H and O–H groups in total. The van der Waals surface area contributed by atoms with E-state index in [0.29, 0.717) is 5.69 Å². The molecule has 0 spiro atoms. The molecule has 0 aliphatic heterocycles. The fourth-order valence-corrected chi connectivity index (χ4v) is 1.02. The molecule has 0 aromatic carbocycles. The molecular formula is C11H13N3O3. The summed E-state index contributed by atoms with van der Waals surface area (Å²) in [6.45, 7) is 5.27. The van der Waals surface area contributed by atoms with Crippen LogP contribution in [0, 0.1) is 0 Å². The summed E-state index contributed by atoms with van der Waals surface area (Å²) in [5, 5.41) is 2.44. The average Bonchev–Trinajstić information content (AvgIpc) is 2.15. The Morgan fingerprint density at radius 1 is 1.53 bits per heavy atom. The molecule has 0 bridgehead atoms. The summed E-state index contributed by atoms with van der Waals surface area (Å²) >= 11 is 0. The van der Waals surface area contributed by atoms with Gasteiger partial charge in [0.05, 0.1) is 5.69 Å². The summed E-state index contributed by atoms with van der Waals surface area (Å²) in [6, 6.07) is 2.96. The van der Waals surface area contributed by atoms with Crippen molar-refractivity contribution in [3.63, 3.8) is 0 Å². The van der Waals surface area contributed by atoms with E-state index in [0.717, 1.165) is 0 Å². The second kappa shape index (κ2) is 5.23. The summed E-state index contributed by atoms with van der Waals surface area (Å²) in [4.78, 5) is 28.8. The first-order valence-electron chi connectivity index (χ1n) is 4.94. The second-order valence-electron chi connectivity index (χ2n) is 4.23. The smallest absolute Gasteiger partial charge is 0.413 e. The van der Waals surface area contributed by atoms with E-state index < -0.39 is 11.7 Å². The highest BCUT2D eigenvalue weighted by molar-refractivity contribution is 5.84. The Balaban J connectivity index is 2.72. The van der Waals surface area contributed by atoms with Gasteiger partial charge in [-0.2, -0.15) is 4.99 Å². The Morgan fingerprint density at radius 2 is 2.24 bits per heavy atom. The van der Waals surface area contributed by atoms with Crippen molar-refractivity contribution in [1.29, 1.82) is 0 Å². The number of pyridine rings is 1. The number of hydrogen-bond donors (Lipinski definition) is 1. The van der Waals surface area contributed by atoms with Crippen LogP contribution in [-0.2, 0) is 9.53 Å². The molecule has 1 heterocycles. The fourth-order valence-electron chi connectivity index (χ4n) is 1.02. The van der Waals surface area contributed by atoms with Crippen LogP contribution in [0.2, 0.25) is 0 Å². The average molecular weight is 235 g/mol. The van der Waals surface area contributed by atoms with Crippen LogP contribution in [-0.4, -0.2) is 22.8 Å². The van der Waals surface area contributed by atoms with Crippen molar-refractivity contribution in [3.8, 4) is 0 Å². The highest BCUT2D eigenvalue weighted by Crippen LogP contribution is 2.15. The number of isocyanates is 1. The molecule has 0 fully saturated rings. The number of amides is 1. The Morgan fingerprint density at radius 3 is 2.82 bits per heavy atom. The topological polar surface area (TPSA) is 80.6 Å². The van der Waals surface area contributed by atoms with Gasteiger partial charge in [-0.25, -0.2) is 14.6 Å². The Bertz CT molecular complexity index is 459. The molecule has 1 aromatic heterocycles. The number of nitrogens with zero attached hydrogens (tertiary/aromatic N) is 2. The first-order valence-corrected chi connectivity index (χ1v) is 4.94. The van der Waals surface area contributed by atoms with Crippen LogP contribution in [0.15, 0.2) is 23.3 Å². The van der Waals surface area contributed by atoms with Crippen LogP contribution >= 0.6 is 0 Å². The number of ether oxygens (including phenoxy) is 1. The van der Waals surface area contributed by atoms with E-state index in [4.69, 9.17) is 4.74 Å². The van der Waals surface area contributed by atoms with Gasteiger partial charge in [0.2, 0.25) is 6.08 Å². The summed E-state index contributed by atoms with van der Waals surface area (Å²) in [5.41, 5.74) is -0.219. The van der Waals surface area contributed by atoms with Crippen molar-refractivity contribution in [2.24, 2.45) is 4.99 Å². The number of carbonyl (C=O) groups is 1. The molecule has 0 saturated heterocycles. The van der Waals surface area contributed by atoms with Crippen LogP contribution in [0.25, 0.3) is 0 Å². The van der Waals surface area contributed by atoms with Crippen LogP contribution in [0.4, 0.5) is 16.3 Å². The van der Waals surface area contributed by atoms with E-state index in [1.807, 2.05) is 0 Å². The summed E-state index contributed by atoms with van der Waals surface area (Å²) < 4.78 is 5.04. The monoisotopic (exact) mass is 235 g/mol. The molecule has 1 amide bonds. The molecule has 17 heavy (non-hydrogen) atoms. The van der Waals surface area contributed by atoms with Crippen LogP contribution in [0.1, 0.15) is 20.8 Å². The van der Waals surface area contributed by atoms with Crippen molar-refractivity contribution < 1.29 is 14.3 Å². The van der Waals surface area contributed by atoms with Gasteiger partial charge in [0.25, 0.3) is 0 Å². The lowest BCUT2D eigenvalue weighted by Crippen LogP contribution is -2.27. The quantitative estimate of drug-likeness (QED) is 0.630. The molecule has 0 saturated carbocycles. The van der Waals surface area contributed by atoms with E-state index in [1.54, 1.807) is 20.8 Å². The highest BCUT2D eigenvalue weighted by atomic mass is 16.6. The van der Waals surface area contributed by atoms with Crippen molar-refractivity contribution in [2.45, 2.75) is 26.4 Å². The lowest BCUT2D eigenvalue weighted by Gasteiger charge is -2.19. The Hall–Kier alpha value is -2.20. The number of rotatable bonds is 2. The van der Waals surface area contributed by atoms with Crippen molar-refractivity contribution in [3.05, 3.63) is 18.3 Å². The van der Waals surface area contributed by atoms with Gasteiger partial charge < -0.3 is 4.74 Å².